The van der Waals surface area contributed by atoms with Crippen molar-refractivity contribution in [3.8, 4) is 17.5 Å². The quantitative estimate of drug-likeness (QED) is 0.847. The fraction of sp³-hybridized carbons (Fsp3) is 0.267. The van der Waals surface area contributed by atoms with Crippen LogP contribution in [-0.4, -0.2) is 16.7 Å². The molecule has 1 aromatic heterocycles. The smallest absolute Gasteiger partial charge is 0.240 e. The Balaban J connectivity index is 2.16. The second kappa shape index (κ2) is 6.77. The molecule has 0 aliphatic heterocycles. The number of ether oxygens (including phenoxy) is 2. The van der Waals surface area contributed by atoms with Crippen LogP contribution in [0.2, 0.25) is 0 Å². The van der Waals surface area contributed by atoms with E-state index < -0.39 is 0 Å². The molecule has 0 aliphatic rings. The Morgan fingerprint density at radius 2 is 2.10 bits per heavy atom. The second-order valence-electron chi connectivity index (χ2n) is 4.30. The monoisotopic (exact) mass is 274 g/mol. The third kappa shape index (κ3) is 3.61. The highest BCUT2D eigenvalue weighted by Gasteiger charge is 2.06. The van der Waals surface area contributed by atoms with Gasteiger partial charge in [-0.2, -0.15) is 4.98 Å². The summed E-state index contributed by atoms with van der Waals surface area (Å²) in [6, 6.07) is 10.6. The van der Waals surface area contributed by atoms with Crippen molar-refractivity contribution < 1.29 is 14.6 Å². The molecule has 0 unspecified atom stereocenters. The molecule has 1 heterocycles. The van der Waals surface area contributed by atoms with Crippen molar-refractivity contribution in [2.24, 2.45) is 0 Å². The Kier molecular flexibility index (Phi) is 4.79. The zero-order valence-electron chi connectivity index (χ0n) is 11.4. The minimum absolute atomic E-state index is 0.0305. The fourth-order valence-electron chi connectivity index (χ4n) is 1.63. The normalized spacial score (nSPS) is 10.3. The van der Waals surface area contributed by atoms with Gasteiger partial charge >= 0.3 is 0 Å². The lowest BCUT2D eigenvalue weighted by atomic mass is 10.2. The zero-order chi connectivity index (χ0) is 14.4. The highest BCUT2D eigenvalue weighted by molar-refractivity contribution is 5.49. The number of hydrogen-bond donors (Lipinski definition) is 2. The van der Waals surface area contributed by atoms with E-state index in [4.69, 9.17) is 20.3 Å². The molecule has 0 bridgehead atoms. The van der Waals surface area contributed by atoms with Crippen LogP contribution in [-0.2, 0) is 6.61 Å². The van der Waals surface area contributed by atoms with Crippen molar-refractivity contribution in [3.63, 3.8) is 0 Å². The van der Waals surface area contributed by atoms with Crippen molar-refractivity contribution in [2.45, 2.75) is 20.0 Å². The zero-order valence-corrected chi connectivity index (χ0v) is 11.4. The van der Waals surface area contributed by atoms with Gasteiger partial charge in [0.25, 0.3) is 0 Å². The Morgan fingerprint density at radius 3 is 2.85 bits per heavy atom. The lowest BCUT2D eigenvalue weighted by Gasteiger charge is -2.10. The minimum Gasteiger partial charge on any atom is -0.476 e. The molecule has 0 fully saturated rings. The van der Waals surface area contributed by atoms with E-state index in [0.29, 0.717) is 29.8 Å². The molecule has 5 nitrogen and oxygen atoms in total. The predicted octanol–water partition coefficient (Wildman–Crippen LogP) is 2.74. The number of nitrogens with zero attached hydrogens (tertiary/aromatic N) is 1. The molecule has 2 rings (SSSR count). The van der Waals surface area contributed by atoms with Crippen LogP contribution in [0.3, 0.4) is 0 Å². The molecular formula is C15H18N2O3. The Hall–Kier alpha value is -2.27. The number of pyridine rings is 1. The number of nitrogen functional groups attached to an aromatic ring is 1. The van der Waals surface area contributed by atoms with Crippen LogP contribution in [0.5, 0.6) is 17.5 Å². The van der Waals surface area contributed by atoms with Gasteiger partial charge < -0.3 is 20.3 Å². The molecule has 0 aliphatic carbocycles. The molecule has 106 valence electrons. The van der Waals surface area contributed by atoms with Crippen LogP contribution in [0, 0.1) is 0 Å². The molecular weight excluding hydrogens is 256 g/mol. The number of hydrogen-bond acceptors (Lipinski definition) is 5. The minimum atomic E-state index is -0.0305. The first-order chi connectivity index (χ1) is 9.72. The molecule has 20 heavy (non-hydrogen) atoms. The summed E-state index contributed by atoms with van der Waals surface area (Å²) in [7, 11) is 0. The summed E-state index contributed by atoms with van der Waals surface area (Å²) in [6.07, 6.45) is 0.880. The van der Waals surface area contributed by atoms with Crippen LogP contribution in [0.1, 0.15) is 18.9 Å². The fourth-order valence-corrected chi connectivity index (χ4v) is 1.63. The van der Waals surface area contributed by atoms with Crippen molar-refractivity contribution in [2.75, 3.05) is 12.3 Å². The van der Waals surface area contributed by atoms with E-state index in [9.17, 15) is 0 Å². The van der Waals surface area contributed by atoms with Crippen LogP contribution < -0.4 is 15.2 Å². The average molecular weight is 274 g/mol. The van der Waals surface area contributed by atoms with Gasteiger partial charge in [0, 0.05) is 6.07 Å². The number of aliphatic hydroxyl groups excluding tert-OH is 1. The molecule has 3 N–H and O–H groups in total. The van der Waals surface area contributed by atoms with Crippen LogP contribution in [0.15, 0.2) is 36.4 Å². The Labute approximate surface area is 118 Å². The highest BCUT2D eigenvalue weighted by atomic mass is 16.5. The Bertz CT molecular complexity index is 573. The summed E-state index contributed by atoms with van der Waals surface area (Å²) in [5.74, 6) is 1.39. The summed E-state index contributed by atoms with van der Waals surface area (Å²) in [5.41, 5.74) is 7.05. The molecule has 0 spiro atoms. The van der Waals surface area contributed by atoms with E-state index in [-0.39, 0.29) is 6.61 Å². The van der Waals surface area contributed by atoms with Gasteiger partial charge in [-0.05, 0) is 30.2 Å². The van der Waals surface area contributed by atoms with E-state index in [0.717, 1.165) is 12.0 Å². The van der Waals surface area contributed by atoms with Gasteiger partial charge in [0.2, 0.25) is 11.8 Å². The van der Waals surface area contributed by atoms with Gasteiger partial charge in [0.15, 0.2) is 0 Å². The van der Waals surface area contributed by atoms with Crippen molar-refractivity contribution in [1.29, 1.82) is 0 Å². The maximum atomic E-state index is 9.10. The highest BCUT2D eigenvalue weighted by Crippen LogP contribution is 2.26. The SMILES string of the molecule is CCCOc1nc(Oc2cccc(CO)c2)ccc1N. The van der Waals surface area contributed by atoms with Crippen molar-refractivity contribution in [1.82, 2.24) is 4.98 Å². The largest absolute Gasteiger partial charge is 0.476 e. The molecule has 0 amide bonds. The first kappa shape index (κ1) is 14.1. The molecule has 2 aromatic rings. The van der Waals surface area contributed by atoms with Crippen molar-refractivity contribution >= 4 is 5.69 Å². The van der Waals surface area contributed by atoms with E-state index in [1.165, 1.54) is 0 Å². The van der Waals surface area contributed by atoms with E-state index in [1.54, 1.807) is 24.3 Å². The van der Waals surface area contributed by atoms with Crippen LogP contribution in [0.4, 0.5) is 5.69 Å². The average Bonchev–Trinajstić information content (AvgIpc) is 2.48. The van der Waals surface area contributed by atoms with Gasteiger partial charge in [-0.15, -0.1) is 0 Å². The topological polar surface area (TPSA) is 77.6 Å². The number of anilines is 1. The van der Waals surface area contributed by atoms with Gasteiger partial charge in [0.05, 0.1) is 18.9 Å². The number of nitrogens with two attached hydrogens (primary N) is 1. The third-order valence-electron chi connectivity index (χ3n) is 2.61. The van der Waals surface area contributed by atoms with Crippen LogP contribution >= 0.6 is 0 Å². The second-order valence-corrected chi connectivity index (χ2v) is 4.30. The van der Waals surface area contributed by atoms with E-state index in [2.05, 4.69) is 4.98 Å². The molecule has 1 aromatic carbocycles. The van der Waals surface area contributed by atoms with E-state index >= 15 is 0 Å². The van der Waals surface area contributed by atoms with Crippen LogP contribution in [0.25, 0.3) is 0 Å². The summed E-state index contributed by atoms with van der Waals surface area (Å²) in [6.45, 7) is 2.54. The number of rotatable bonds is 6. The van der Waals surface area contributed by atoms with Gasteiger partial charge in [0.1, 0.15) is 5.75 Å². The number of aliphatic hydroxyl groups is 1. The maximum absolute atomic E-state index is 9.10. The van der Waals surface area contributed by atoms with Gasteiger partial charge in [-0.3, -0.25) is 0 Å². The van der Waals surface area contributed by atoms with Gasteiger partial charge in [-0.25, -0.2) is 0 Å². The summed E-state index contributed by atoms with van der Waals surface area (Å²) in [4.78, 5) is 4.23. The van der Waals surface area contributed by atoms with E-state index in [1.807, 2.05) is 19.1 Å². The molecule has 0 atom stereocenters. The number of aromatic nitrogens is 1. The third-order valence-corrected chi connectivity index (χ3v) is 2.61. The molecule has 0 saturated carbocycles. The van der Waals surface area contributed by atoms with Crippen molar-refractivity contribution in [3.05, 3.63) is 42.0 Å². The Morgan fingerprint density at radius 1 is 1.25 bits per heavy atom. The van der Waals surface area contributed by atoms with Gasteiger partial charge in [-0.1, -0.05) is 19.1 Å². The molecule has 5 heteroatoms. The summed E-state index contributed by atoms with van der Waals surface area (Å²) in [5, 5.41) is 9.10. The summed E-state index contributed by atoms with van der Waals surface area (Å²) >= 11 is 0. The first-order valence-electron chi connectivity index (χ1n) is 6.50. The first-order valence-corrected chi connectivity index (χ1v) is 6.50. The lowest BCUT2D eigenvalue weighted by molar-refractivity contribution is 0.281. The predicted molar refractivity (Wildman–Crippen MR) is 76.9 cm³/mol. The molecule has 0 saturated heterocycles. The number of benzene rings is 1. The molecule has 0 radical (unpaired) electrons. The summed E-state index contributed by atoms with van der Waals surface area (Å²) < 4.78 is 11.1. The lowest BCUT2D eigenvalue weighted by Crippen LogP contribution is -2.02. The maximum Gasteiger partial charge on any atom is 0.240 e. The standard InChI is InChI=1S/C15H18N2O3/c1-2-8-19-15-13(16)6-7-14(17-15)20-12-5-3-4-11(9-12)10-18/h3-7,9,18H,2,8,10,16H2,1H3.